The molecule has 1 aliphatic rings. The molecule has 2 atom stereocenters. The van der Waals surface area contributed by atoms with Crippen LogP contribution in [0.15, 0.2) is 0 Å². The van der Waals surface area contributed by atoms with Crippen molar-refractivity contribution in [3.05, 3.63) is 11.4 Å². The summed E-state index contributed by atoms with van der Waals surface area (Å²) in [7, 11) is 0. The van der Waals surface area contributed by atoms with Crippen molar-refractivity contribution in [1.82, 2.24) is 9.97 Å². The second kappa shape index (κ2) is 6.19. The lowest BCUT2D eigenvalue weighted by atomic mass is 9.79. The van der Waals surface area contributed by atoms with Crippen LogP contribution in [0.3, 0.4) is 0 Å². The molecule has 2 rings (SSSR count). The average Bonchev–Trinajstić information content (AvgIpc) is 2.41. The number of anilines is 2. The number of nitrogens with two attached hydrogens (primary N) is 1. The Balaban J connectivity index is 2.01. The highest BCUT2D eigenvalue weighted by molar-refractivity contribution is 5.54. The van der Waals surface area contributed by atoms with E-state index >= 15 is 0 Å². The summed E-state index contributed by atoms with van der Waals surface area (Å²) in [4.78, 5) is 8.55. The zero-order valence-electron chi connectivity index (χ0n) is 11.8. The van der Waals surface area contributed by atoms with Crippen LogP contribution in [0, 0.1) is 25.7 Å². The first-order valence-corrected chi connectivity index (χ1v) is 7.07. The third-order valence-corrected chi connectivity index (χ3v) is 4.13. The molecule has 0 bridgehead atoms. The van der Waals surface area contributed by atoms with E-state index < -0.39 is 0 Å². The topological polar surface area (TPSA) is 84.1 Å². The number of aliphatic hydroxyl groups excluding tert-OH is 1. The highest BCUT2D eigenvalue weighted by atomic mass is 16.3. The molecule has 0 amide bonds. The Hall–Kier alpha value is -1.36. The summed E-state index contributed by atoms with van der Waals surface area (Å²) in [6.07, 6.45) is 4.80. The second-order valence-electron chi connectivity index (χ2n) is 5.50. The number of aromatic nitrogens is 2. The molecular formula is C14H24N4O. The van der Waals surface area contributed by atoms with Gasteiger partial charge in [0.1, 0.15) is 17.5 Å². The number of hydrogen-bond acceptors (Lipinski definition) is 5. The van der Waals surface area contributed by atoms with E-state index in [1.165, 1.54) is 19.3 Å². The molecule has 1 aromatic heterocycles. The van der Waals surface area contributed by atoms with Crippen LogP contribution < -0.4 is 11.1 Å². The van der Waals surface area contributed by atoms with Gasteiger partial charge in [-0.25, -0.2) is 9.97 Å². The molecule has 1 aliphatic carbocycles. The number of nitrogen functional groups attached to an aromatic ring is 1. The van der Waals surface area contributed by atoms with Gasteiger partial charge in [-0.15, -0.1) is 0 Å². The minimum Gasteiger partial charge on any atom is -0.396 e. The van der Waals surface area contributed by atoms with E-state index in [1.807, 2.05) is 13.8 Å². The van der Waals surface area contributed by atoms with Crippen molar-refractivity contribution in [2.75, 3.05) is 24.2 Å². The SMILES string of the molecule is Cc1nc(N)c(C)c(NCC2CCCCC2CO)n1. The lowest BCUT2D eigenvalue weighted by Crippen LogP contribution is -2.29. The number of nitrogens with zero attached hydrogens (tertiary/aromatic N) is 2. The van der Waals surface area contributed by atoms with E-state index in [9.17, 15) is 5.11 Å². The van der Waals surface area contributed by atoms with E-state index in [0.29, 0.717) is 23.5 Å². The summed E-state index contributed by atoms with van der Waals surface area (Å²) in [5.74, 6) is 2.99. The van der Waals surface area contributed by atoms with Gasteiger partial charge in [0, 0.05) is 18.7 Å². The molecule has 5 nitrogen and oxygen atoms in total. The van der Waals surface area contributed by atoms with Crippen LogP contribution >= 0.6 is 0 Å². The largest absolute Gasteiger partial charge is 0.396 e. The summed E-state index contributed by atoms with van der Waals surface area (Å²) in [6, 6.07) is 0. The first kappa shape index (κ1) is 14.1. The van der Waals surface area contributed by atoms with Gasteiger partial charge in [-0.1, -0.05) is 12.8 Å². The number of aliphatic hydroxyl groups is 1. The Morgan fingerprint density at radius 3 is 2.58 bits per heavy atom. The molecule has 0 aromatic carbocycles. The van der Waals surface area contributed by atoms with Gasteiger partial charge in [0.15, 0.2) is 0 Å². The highest BCUT2D eigenvalue weighted by Gasteiger charge is 2.24. The Kier molecular flexibility index (Phi) is 4.58. The van der Waals surface area contributed by atoms with Crippen LogP contribution in [0.25, 0.3) is 0 Å². The summed E-state index contributed by atoms with van der Waals surface area (Å²) in [6.45, 7) is 4.91. The summed E-state index contributed by atoms with van der Waals surface area (Å²) in [5.41, 5.74) is 6.76. The van der Waals surface area contributed by atoms with E-state index in [4.69, 9.17) is 5.73 Å². The van der Waals surface area contributed by atoms with Crippen molar-refractivity contribution < 1.29 is 5.11 Å². The number of hydrogen-bond donors (Lipinski definition) is 3. The van der Waals surface area contributed by atoms with Gasteiger partial charge in [-0.2, -0.15) is 0 Å². The van der Waals surface area contributed by atoms with Crippen LogP contribution in [-0.2, 0) is 0 Å². The Morgan fingerprint density at radius 2 is 1.89 bits per heavy atom. The Morgan fingerprint density at radius 1 is 1.21 bits per heavy atom. The molecular weight excluding hydrogens is 240 g/mol. The van der Waals surface area contributed by atoms with Crippen molar-refractivity contribution in [3.63, 3.8) is 0 Å². The third-order valence-electron chi connectivity index (χ3n) is 4.13. The predicted molar refractivity (Wildman–Crippen MR) is 76.9 cm³/mol. The maximum Gasteiger partial charge on any atom is 0.134 e. The Bertz CT molecular complexity index is 436. The van der Waals surface area contributed by atoms with E-state index in [-0.39, 0.29) is 6.61 Å². The normalized spacial score (nSPS) is 23.3. The zero-order chi connectivity index (χ0) is 13.8. The van der Waals surface area contributed by atoms with Gasteiger partial charge in [-0.3, -0.25) is 0 Å². The first-order valence-electron chi connectivity index (χ1n) is 7.07. The summed E-state index contributed by atoms with van der Waals surface area (Å²) < 4.78 is 0. The first-order chi connectivity index (χ1) is 9.11. The standard InChI is InChI=1S/C14H24N4O/c1-9-13(15)17-10(2)18-14(9)16-7-11-5-3-4-6-12(11)8-19/h11-12,19H,3-8H2,1-2H3,(H3,15,16,17,18). The van der Waals surface area contributed by atoms with Crippen molar-refractivity contribution in [3.8, 4) is 0 Å². The minimum atomic E-state index is 0.288. The quantitative estimate of drug-likeness (QED) is 0.773. The molecule has 1 aromatic rings. The van der Waals surface area contributed by atoms with Crippen LogP contribution in [0.4, 0.5) is 11.6 Å². The van der Waals surface area contributed by atoms with Crippen LogP contribution in [0.5, 0.6) is 0 Å². The smallest absolute Gasteiger partial charge is 0.134 e. The van der Waals surface area contributed by atoms with Gasteiger partial charge in [0.25, 0.3) is 0 Å². The van der Waals surface area contributed by atoms with Gasteiger partial charge in [0.2, 0.25) is 0 Å². The molecule has 0 radical (unpaired) electrons. The number of aryl methyl sites for hydroxylation is 1. The van der Waals surface area contributed by atoms with Crippen molar-refractivity contribution in [2.24, 2.45) is 11.8 Å². The summed E-state index contributed by atoms with van der Waals surface area (Å²) in [5, 5.41) is 12.8. The molecule has 106 valence electrons. The van der Waals surface area contributed by atoms with Gasteiger partial charge in [-0.05, 0) is 38.5 Å². The molecule has 0 aliphatic heterocycles. The number of rotatable bonds is 4. The van der Waals surface area contributed by atoms with Crippen molar-refractivity contribution in [1.29, 1.82) is 0 Å². The molecule has 1 saturated carbocycles. The maximum absolute atomic E-state index is 9.43. The molecule has 1 fully saturated rings. The lowest BCUT2D eigenvalue weighted by Gasteiger charge is -2.30. The van der Waals surface area contributed by atoms with E-state index in [2.05, 4.69) is 15.3 Å². The van der Waals surface area contributed by atoms with Crippen LogP contribution in [0.2, 0.25) is 0 Å². The highest BCUT2D eigenvalue weighted by Crippen LogP contribution is 2.30. The van der Waals surface area contributed by atoms with Crippen LogP contribution in [-0.4, -0.2) is 28.2 Å². The molecule has 2 unspecified atom stereocenters. The summed E-state index contributed by atoms with van der Waals surface area (Å²) >= 11 is 0. The molecule has 0 spiro atoms. The second-order valence-corrected chi connectivity index (χ2v) is 5.50. The maximum atomic E-state index is 9.43. The Labute approximate surface area is 114 Å². The van der Waals surface area contributed by atoms with Gasteiger partial charge >= 0.3 is 0 Å². The fraction of sp³-hybridized carbons (Fsp3) is 0.714. The number of nitrogens with one attached hydrogen (secondary N) is 1. The average molecular weight is 264 g/mol. The molecule has 0 saturated heterocycles. The fourth-order valence-corrected chi connectivity index (χ4v) is 2.84. The predicted octanol–water partition coefficient (Wildman–Crippen LogP) is 1.89. The van der Waals surface area contributed by atoms with Gasteiger partial charge in [0.05, 0.1) is 0 Å². The van der Waals surface area contributed by atoms with Crippen molar-refractivity contribution in [2.45, 2.75) is 39.5 Å². The van der Waals surface area contributed by atoms with E-state index in [1.54, 1.807) is 0 Å². The van der Waals surface area contributed by atoms with Crippen molar-refractivity contribution >= 4 is 11.6 Å². The lowest BCUT2D eigenvalue weighted by molar-refractivity contribution is 0.141. The van der Waals surface area contributed by atoms with E-state index in [0.717, 1.165) is 24.3 Å². The zero-order valence-corrected chi connectivity index (χ0v) is 11.8. The molecule has 5 heteroatoms. The molecule has 4 N–H and O–H groups in total. The molecule has 19 heavy (non-hydrogen) atoms. The minimum absolute atomic E-state index is 0.288. The third kappa shape index (κ3) is 3.35. The monoisotopic (exact) mass is 264 g/mol. The molecule has 1 heterocycles. The fourth-order valence-electron chi connectivity index (χ4n) is 2.84. The van der Waals surface area contributed by atoms with Gasteiger partial charge < -0.3 is 16.2 Å². The van der Waals surface area contributed by atoms with Crippen LogP contribution in [0.1, 0.15) is 37.1 Å².